The quantitative estimate of drug-likeness (QED) is 0.866. The van der Waals surface area contributed by atoms with Crippen LogP contribution in [0.5, 0.6) is 0 Å². The first-order chi connectivity index (χ1) is 10.6. The lowest BCUT2D eigenvalue weighted by Gasteiger charge is -2.33. The summed E-state index contributed by atoms with van der Waals surface area (Å²) in [7, 11) is 0. The van der Waals surface area contributed by atoms with Gasteiger partial charge in [-0.2, -0.15) is 10.2 Å². The third-order valence-corrected chi connectivity index (χ3v) is 4.63. The molecule has 1 N–H and O–H groups in total. The van der Waals surface area contributed by atoms with E-state index in [0.29, 0.717) is 24.0 Å². The zero-order valence-electron chi connectivity index (χ0n) is 12.0. The fourth-order valence-corrected chi connectivity index (χ4v) is 3.40. The average molecular weight is 325 g/mol. The largest absolute Gasteiger partial charge is 0.364 e. The molecule has 0 aliphatic carbocycles. The number of hydrogen-bond acceptors (Lipinski definition) is 5. The molecule has 0 saturated carbocycles. The summed E-state index contributed by atoms with van der Waals surface area (Å²) in [6.07, 6.45) is 4.38. The minimum absolute atomic E-state index is 0.151. The highest BCUT2D eigenvalue weighted by atomic mass is 35.5. The number of rotatable bonds is 3. The number of likely N-dealkylation sites (tertiary alicyclic amines) is 1. The Morgan fingerprint density at radius 3 is 3.14 bits per heavy atom. The van der Waals surface area contributed by atoms with Crippen molar-refractivity contribution >= 4 is 11.6 Å². The van der Waals surface area contributed by atoms with E-state index in [2.05, 4.69) is 20.2 Å². The second-order valence-electron chi connectivity index (χ2n) is 5.95. The number of nitrogens with one attached hydrogen (secondary N) is 1. The first kappa shape index (κ1) is 14.0. The van der Waals surface area contributed by atoms with Gasteiger partial charge in [-0.25, -0.2) is 9.89 Å². The number of fused-ring (bicyclic) bond motifs is 1. The maximum absolute atomic E-state index is 11.8. The second-order valence-corrected chi connectivity index (χ2v) is 6.39. The standard InChI is InChI=1S/C13H17ClN6O2/c14-10-5-15-19(6-10)4-3-18-2-1-13(8-18)9-20-11(7-22-13)16-17-12(20)21/h5-6H,1-4,7-9H2,(H,17,21). The van der Waals surface area contributed by atoms with Crippen molar-refractivity contribution in [3.05, 3.63) is 33.7 Å². The van der Waals surface area contributed by atoms with E-state index in [-0.39, 0.29) is 11.3 Å². The molecule has 8 nitrogen and oxygen atoms in total. The van der Waals surface area contributed by atoms with Crippen LogP contribution in [0.25, 0.3) is 0 Å². The Hall–Kier alpha value is -1.64. The molecule has 1 fully saturated rings. The summed E-state index contributed by atoms with van der Waals surface area (Å²) in [5.41, 5.74) is -0.426. The maximum atomic E-state index is 11.8. The van der Waals surface area contributed by atoms with Crippen molar-refractivity contribution in [2.45, 2.75) is 31.7 Å². The van der Waals surface area contributed by atoms with Gasteiger partial charge in [-0.05, 0) is 6.42 Å². The Bertz CT molecular complexity index is 737. The van der Waals surface area contributed by atoms with Gasteiger partial charge < -0.3 is 4.74 Å². The second kappa shape index (κ2) is 5.22. The molecule has 2 aliphatic rings. The molecular weight excluding hydrogens is 308 g/mol. The molecule has 4 rings (SSSR count). The lowest BCUT2D eigenvalue weighted by molar-refractivity contribution is -0.0830. The molecule has 0 amide bonds. The van der Waals surface area contributed by atoms with E-state index in [4.69, 9.17) is 16.3 Å². The van der Waals surface area contributed by atoms with Gasteiger partial charge >= 0.3 is 5.69 Å². The first-order valence-corrected chi connectivity index (χ1v) is 7.70. The Balaban J connectivity index is 1.40. The Morgan fingerprint density at radius 2 is 2.32 bits per heavy atom. The molecule has 118 valence electrons. The van der Waals surface area contributed by atoms with E-state index < -0.39 is 0 Å². The predicted molar refractivity (Wildman–Crippen MR) is 78.7 cm³/mol. The molecule has 4 heterocycles. The monoisotopic (exact) mass is 324 g/mol. The summed E-state index contributed by atoms with van der Waals surface area (Å²) in [6, 6.07) is 0. The molecule has 0 bridgehead atoms. The highest BCUT2D eigenvalue weighted by molar-refractivity contribution is 6.30. The van der Waals surface area contributed by atoms with Crippen LogP contribution >= 0.6 is 11.6 Å². The molecule has 2 aliphatic heterocycles. The summed E-state index contributed by atoms with van der Waals surface area (Å²) in [5, 5.41) is 11.3. The summed E-state index contributed by atoms with van der Waals surface area (Å²) >= 11 is 5.87. The Labute approximate surface area is 131 Å². The maximum Gasteiger partial charge on any atom is 0.343 e. The van der Waals surface area contributed by atoms with E-state index in [1.807, 2.05) is 10.9 Å². The molecule has 2 aromatic rings. The Morgan fingerprint density at radius 1 is 1.41 bits per heavy atom. The number of nitrogens with zero attached hydrogens (tertiary/aromatic N) is 5. The molecule has 2 aromatic heterocycles. The van der Waals surface area contributed by atoms with Gasteiger partial charge in [0, 0.05) is 25.8 Å². The summed E-state index contributed by atoms with van der Waals surface area (Å²) in [6.45, 7) is 4.41. The number of aromatic nitrogens is 5. The lowest BCUT2D eigenvalue weighted by atomic mass is 10.0. The molecule has 1 unspecified atom stereocenters. The zero-order chi connectivity index (χ0) is 15.2. The third kappa shape index (κ3) is 2.47. The van der Waals surface area contributed by atoms with Gasteiger partial charge in [-0.1, -0.05) is 11.6 Å². The van der Waals surface area contributed by atoms with Crippen molar-refractivity contribution < 1.29 is 4.74 Å². The van der Waals surface area contributed by atoms with Gasteiger partial charge in [0.15, 0.2) is 5.82 Å². The van der Waals surface area contributed by atoms with Crippen LogP contribution in [0.2, 0.25) is 5.02 Å². The summed E-state index contributed by atoms with van der Waals surface area (Å²) in [5.74, 6) is 0.681. The van der Waals surface area contributed by atoms with Gasteiger partial charge in [0.25, 0.3) is 0 Å². The smallest absolute Gasteiger partial charge is 0.343 e. The highest BCUT2D eigenvalue weighted by Crippen LogP contribution is 2.31. The fraction of sp³-hybridized carbons (Fsp3) is 0.615. The number of aromatic amines is 1. The topological polar surface area (TPSA) is 81.0 Å². The molecule has 1 atom stereocenters. The van der Waals surface area contributed by atoms with E-state index in [1.54, 1.807) is 10.8 Å². The summed E-state index contributed by atoms with van der Waals surface area (Å²) in [4.78, 5) is 14.1. The SMILES string of the molecule is O=c1[nH]nc2n1CC1(CCN(CCn3cc(Cl)cn3)C1)OC2. The Kier molecular flexibility index (Phi) is 3.32. The van der Waals surface area contributed by atoms with E-state index in [1.165, 1.54) is 0 Å². The van der Waals surface area contributed by atoms with Crippen molar-refractivity contribution in [3.63, 3.8) is 0 Å². The highest BCUT2D eigenvalue weighted by Gasteiger charge is 2.42. The molecule has 1 spiro atoms. The number of halogens is 1. The van der Waals surface area contributed by atoms with Gasteiger partial charge in [0.05, 0.1) is 24.3 Å². The van der Waals surface area contributed by atoms with Crippen LogP contribution in [0, 0.1) is 0 Å². The first-order valence-electron chi connectivity index (χ1n) is 7.32. The number of ether oxygens (including phenoxy) is 1. The number of hydrogen-bond donors (Lipinski definition) is 1. The van der Waals surface area contributed by atoms with Crippen molar-refractivity contribution in [3.8, 4) is 0 Å². The van der Waals surface area contributed by atoms with Crippen molar-refractivity contribution in [2.24, 2.45) is 0 Å². The van der Waals surface area contributed by atoms with Crippen LogP contribution < -0.4 is 5.69 Å². The molecule has 0 aromatic carbocycles. The average Bonchev–Trinajstić information content (AvgIpc) is 3.19. The molecule has 22 heavy (non-hydrogen) atoms. The molecule has 1 saturated heterocycles. The van der Waals surface area contributed by atoms with Crippen molar-refractivity contribution in [1.29, 1.82) is 0 Å². The lowest BCUT2D eigenvalue weighted by Crippen LogP contribution is -2.46. The molecule has 9 heteroatoms. The van der Waals surface area contributed by atoms with E-state index in [0.717, 1.165) is 32.6 Å². The van der Waals surface area contributed by atoms with Crippen molar-refractivity contribution in [1.82, 2.24) is 29.4 Å². The molecule has 0 radical (unpaired) electrons. The van der Waals surface area contributed by atoms with Gasteiger partial charge in [0.2, 0.25) is 0 Å². The van der Waals surface area contributed by atoms with Gasteiger partial charge in [-0.15, -0.1) is 0 Å². The van der Waals surface area contributed by atoms with Gasteiger partial charge in [0.1, 0.15) is 12.2 Å². The summed E-state index contributed by atoms with van der Waals surface area (Å²) < 4.78 is 9.56. The van der Waals surface area contributed by atoms with E-state index >= 15 is 0 Å². The van der Waals surface area contributed by atoms with Crippen LogP contribution in [0.4, 0.5) is 0 Å². The minimum atomic E-state index is -0.275. The van der Waals surface area contributed by atoms with Crippen LogP contribution in [-0.4, -0.2) is 54.7 Å². The van der Waals surface area contributed by atoms with Crippen LogP contribution in [0.15, 0.2) is 17.2 Å². The van der Waals surface area contributed by atoms with Crippen LogP contribution in [0.1, 0.15) is 12.2 Å². The third-order valence-electron chi connectivity index (χ3n) is 4.43. The number of H-pyrrole nitrogens is 1. The fourth-order valence-electron chi connectivity index (χ4n) is 3.24. The van der Waals surface area contributed by atoms with Crippen molar-refractivity contribution in [2.75, 3.05) is 19.6 Å². The van der Waals surface area contributed by atoms with E-state index in [9.17, 15) is 4.79 Å². The zero-order valence-corrected chi connectivity index (χ0v) is 12.8. The molecular formula is C13H17ClN6O2. The normalized spacial score (nSPS) is 25.0. The predicted octanol–water partition coefficient (Wildman–Crippen LogP) is 0.0962. The van der Waals surface area contributed by atoms with Gasteiger partial charge in [-0.3, -0.25) is 14.1 Å². The van der Waals surface area contributed by atoms with Crippen LogP contribution in [-0.2, 0) is 24.4 Å². The van der Waals surface area contributed by atoms with Crippen LogP contribution in [0.3, 0.4) is 0 Å². The minimum Gasteiger partial charge on any atom is -0.364 e.